The number of hydrogen-bond donors (Lipinski definition) is 1. The fraction of sp³-hybridized carbons (Fsp3) is 0.227. The molecular formula is C22H22FN3O. The van der Waals surface area contributed by atoms with E-state index in [1.54, 1.807) is 6.07 Å². The van der Waals surface area contributed by atoms with Gasteiger partial charge in [0.2, 0.25) is 0 Å². The van der Waals surface area contributed by atoms with Gasteiger partial charge in [0, 0.05) is 31.5 Å². The maximum atomic E-state index is 13.3. The SMILES string of the molecule is Fc1cccc(Nc2ccc(CN3CCOC(c4ccccc4)C3)cn2)c1. The summed E-state index contributed by atoms with van der Waals surface area (Å²) < 4.78 is 19.2. The molecule has 1 aliphatic heterocycles. The monoisotopic (exact) mass is 363 g/mol. The Morgan fingerprint density at radius 1 is 1.07 bits per heavy atom. The number of rotatable bonds is 5. The molecule has 1 atom stereocenters. The molecule has 0 amide bonds. The molecule has 0 saturated carbocycles. The third-order valence-electron chi connectivity index (χ3n) is 4.65. The molecule has 2 heterocycles. The molecule has 27 heavy (non-hydrogen) atoms. The van der Waals surface area contributed by atoms with Crippen LogP contribution in [0.3, 0.4) is 0 Å². The van der Waals surface area contributed by atoms with Gasteiger partial charge in [-0.05, 0) is 35.4 Å². The number of pyridine rings is 1. The zero-order chi connectivity index (χ0) is 18.5. The van der Waals surface area contributed by atoms with Crippen LogP contribution >= 0.6 is 0 Å². The number of nitrogens with zero attached hydrogens (tertiary/aromatic N) is 2. The summed E-state index contributed by atoms with van der Waals surface area (Å²) in [7, 11) is 0. The highest BCUT2D eigenvalue weighted by Crippen LogP contribution is 2.23. The van der Waals surface area contributed by atoms with Crippen molar-refractivity contribution in [2.24, 2.45) is 0 Å². The van der Waals surface area contributed by atoms with Gasteiger partial charge in [0.1, 0.15) is 11.6 Å². The number of morpholine rings is 1. The summed E-state index contributed by atoms with van der Waals surface area (Å²) in [4.78, 5) is 6.84. The van der Waals surface area contributed by atoms with Crippen LogP contribution in [0.2, 0.25) is 0 Å². The minimum Gasteiger partial charge on any atom is -0.371 e. The molecule has 3 aromatic rings. The largest absolute Gasteiger partial charge is 0.371 e. The Labute approximate surface area is 158 Å². The molecule has 0 spiro atoms. The van der Waals surface area contributed by atoms with Crippen molar-refractivity contribution in [1.29, 1.82) is 0 Å². The minimum atomic E-state index is -0.267. The molecule has 4 nitrogen and oxygen atoms in total. The number of nitrogens with one attached hydrogen (secondary N) is 1. The lowest BCUT2D eigenvalue weighted by Crippen LogP contribution is -2.37. The number of halogens is 1. The highest BCUT2D eigenvalue weighted by Gasteiger charge is 2.21. The van der Waals surface area contributed by atoms with Crippen LogP contribution in [0.1, 0.15) is 17.2 Å². The predicted octanol–water partition coefficient (Wildman–Crippen LogP) is 4.54. The van der Waals surface area contributed by atoms with Crippen LogP contribution in [-0.4, -0.2) is 29.6 Å². The van der Waals surface area contributed by atoms with E-state index in [1.165, 1.54) is 17.7 Å². The minimum absolute atomic E-state index is 0.113. The van der Waals surface area contributed by atoms with E-state index in [9.17, 15) is 4.39 Å². The number of hydrogen-bond acceptors (Lipinski definition) is 4. The molecule has 0 aliphatic carbocycles. The van der Waals surface area contributed by atoms with Gasteiger partial charge in [-0.2, -0.15) is 0 Å². The lowest BCUT2D eigenvalue weighted by atomic mass is 10.1. The second-order valence-corrected chi connectivity index (χ2v) is 6.69. The van der Waals surface area contributed by atoms with Crippen LogP contribution in [0.5, 0.6) is 0 Å². The van der Waals surface area contributed by atoms with E-state index < -0.39 is 0 Å². The molecule has 0 radical (unpaired) electrons. The highest BCUT2D eigenvalue weighted by molar-refractivity contribution is 5.55. The molecule has 1 N–H and O–H groups in total. The summed E-state index contributed by atoms with van der Waals surface area (Å²) in [5.41, 5.74) is 3.05. The van der Waals surface area contributed by atoms with Crippen molar-refractivity contribution < 1.29 is 9.13 Å². The van der Waals surface area contributed by atoms with Crippen molar-refractivity contribution in [2.45, 2.75) is 12.6 Å². The Kier molecular flexibility index (Phi) is 5.42. The summed E-state index contributed by atoms with van der Waals surface area (Å²) in [6.07, 6.45) is 1.98. The molecule has 1 fully saturated rings. The van der Waals surface area contributed by atoms with E-state index in [2.05, 4.69) is 33.4 Å². The Hall–Kier alpha value is -2.76. The summed E-state index contributed by atoms with van der Waals surface area (Å²) in [6, 6.07) is 20.7. The Morgan fingerprint density at radius 3 is 2.74 bits per heavy atom. The van der Waals surface area contributed by atoms with E-state index in [0.29, 0.717) is 11.5 Å². The van der Waals surface area contributed by atoms with Gasteiger partial charge in [0.15, 0.2) is 0 Å². The van der Waals surface area contributed by atoms with Gasteiger partial charge in [0.05, 0.1) is 12.7 Å². The lowest BCUT2D eigenvalue weighted by Gasteiger charge is -2.33. The first kappa shape index (κ1) is 17.6. The third kappa shape index (κ3) is 4.70. The maximum Gasteiger partial charge on any atom is 0.130 e. The van der Waals surface area contributed by atoms with E-state index in [-0.39, 0.29) is 11.9 Å². The van der Waals surface area contributed by atoms with Crippen molar-refractivity contribution in [1.82, 2.24) is 9.88 Å². The molecule has 1 unspecified atom stereocenters. The van der Waals surface area contributed by atoms with Crippen LogP contribution < -0.4 is 5.32 Å². The smallest absolute Gasteiger partial charge is 0.130 e. The highest BCUT2D eigenvalue weighted by atomic mass is 19.1. The summed E-state index contributed by atoms with van der Waals surface area (Å²) >= 11 is 0. The average molecular weight is 363 g/mol. The number of benzene rings is 2. The topological polar surface area (TPSA) is 37.4 Å². The molecular weight excluding hydrogens is 341 g/mol. The number of anilines is 2. The average Bonchev–Trinajstić information content (AvgIpc) is 2.70. The van der Waals surface area contributed by atoms with Gasteiger partial charge in [-0.25, -0.2) is 9.37 Å². The molecule has 138 valence electrons. The fourth-order valence-corrected chi connectivity index (χ4v) is 3.28. The van der Waals surface area contributed by atoms with E-state index in [4.69, 9.17) is 4.74 Å². The lowest BCUT2D eigenvalue weighted by molar-refractivity contribution is -0.0329. The molecule has 0 bridgehead atoms. The molecule has 2 aromatic carbocycles. The van der Waals surface area contributed by atoms with Crippen LogP contribution in [0.15, 0.2) is 72.9 Å². The van der Waals surface area contributed by atoms with Crippen molar-refractivity contribution in [3.8, 4) is 0 Å². The molecule has 4 rings (SSSR count). The summed E-state index contributed by atoms with van der Waals surface area (Å²) in [5.74, 6) is 0.436. The quantitative estimate of drug-likeness (QED) is 0.722. The van der Waals surface area contributed by atoms with E-state index in [1.807, 2.05) is 36.5 Å². The Morgan fingerprint density at radius 2 is 1.96 bits per heavy atom. The first-order chi connectivity index (χ1) is 13.3. The molecule has 1 aromatic heterocycles. The van der Waals surface area contributed by atoms with E-state index in [0.717, 1.165) is 31.8 Å². The first-order valence-electron chi connectivity index (χ1n) is 9.13. The molecule has 5 heteroatoms. The maximum absolute atomic E-state index is 13.3. The zero-order valence-corrected chi connectivity index (χ0v) is 15.0. The van der Waals surface area contributed by atoms with Crippen molar-refractivity contribution >= 4 is 11.5 Å². The second-order valence-electron chi connectivity index (χ2n) is 6.69. The van der Waals surface area contributed by atoms with Crippen LogP contribution in [0.4, 0.5) is 15.9 Å². The zero-order valence-electron chi connectivity index (χ0n) is 15.0. The Balaban J connectivity index is 1.36. The van der Waals surface area contributed by atoms with Crippen LogP contribution in [0.25, 0.3) is 0 Å². The van der Waals surface area contributed by atoms with Gasteiger partial charge in [-0.1, -0.05) is 42.5 Å². The van der Waals surface area contributed by atoms with Crippen molar-refractivity contribution in [2.75, 3.05) is 25.0 Å². The summed E-state index contributed by atoms with van der Waals surface area (Å²) in [6.45, 7) is 3.34. The predicted molar refractivity (Wildman–Crippen MR) is 104 cm³/mol. The van der Waals surface area contributed by atoms with Crippen molar-refractivity contribution in [3.05, 3.63) is 89.9 Å². The van der Waals surface area contributed by atoms with E-state index >= 15 is 0 Å². The number of ether oxygens (including phenoxy) is 1. The number of aromatic nitrogens is 1. The van der Waals surface area contributed by atoms with Crippen molar-refractivity contribution in [3.63, 3.8) is 0 Å². The van der Waals surface area contributed by atoms with Crippen LogP contribution in [0, 0.1) is 5.82 Å². The Bertz CT molecular complexity index is 870. The normalized spacial score (nSPS) is 17.6. The molecule has 1 saturated heterocycles. The standard InChI is InChI=1S/C22H22FN3O/c23-19-7-4-8-20(13-19)25-22-10-9-17(14-24-22)15-26-11-12-27-21(16-26)18-5-2-1-3-6-18/h1-10,13-14,21H,11-12,15-16H2,(H,24,25). The fourth-order valence-electron chi connectivity index (χ4n) is 3.28. The van der Waals surface area contributed by atoms with Gasteiger partial charge in [-0.15, -0.1) is 0 Å². The second kappa shape index (κ2) is 8.29. The van der Waals surface area contributed by atoms with Gasteiger partial charge in [-0.3, -0.25) is 4.90 Å². The molecule has 1 aliphatic rings. The first-order valence-corrected chi connectivity index (χ1v) is 9.13. The third-order valence-corrected chi connectivity index (χ3v) is 4.65. The summed E-state index contributed by atoms with van der Waals surface area (Å²) in [5, 5.41) is 3.12. The van der Waals surface area contributed by atoms with Crippen LogP contribution in [-0.2, 0) is 11.3 Å². The van der Waals surface area contributed by atoms with Gasteiger partial charge >= 0.3 is 0 Å². The van der Waals surface area contributed by atoms with Gasteiger partial charge < -0.3 is 10.1 Å². The van der Waals surface area contributed by atoms with Gasteiger partial charge in [0.25, 0.3) is 0 Å².